The third-order valence-corrected chi connectivity index (χ3v) is 2.85. The van der Waals surface area contributed by atoms with Gasteiger partial charge in [0.2, 0.25) is 11.8 Å². The highest BCUT2D eigenvalue weighted by Gasteiger charge is 2.16. The molecule has 0 aliphatic heterocycles. The highest BCUT2D eigenvalue weighted by molar-refractivity contribution is 5.83. The molecule has 2 amide bonds. The van der Waals surface area contributed by atoms with E-state index in [-0.39, 0.29) is 24.4 Å². The summed E-state index contributed by atoms with van der Waals surface area (Å²) in [6.07, 6.45) is 3.17. The lowest BCUT2D eigenvalue weighted by atomic mass is 10.1. The Labute approximate surface area is 122 Å². The van der Waals surface area contributed by atoms with Crippen LogP contribution in [0.2, 0.25) is 0 Å². The van der Waals surface area contributed by atoms with Gasteiger partial charge in [-0.1, -0.05) is 30.3 Å². The largest absolute Gasteiger partial charge is 0.347 e. The number of hydrogen-bond donors (Lipinski definition) is 2. The van der Waals surface area contributed by atoms with E-state index in [9.17, 15) is 9.59 Å². The molecule has 1 atom stereocenters. The molecular weight excluding hydrogens is 270 g/mol. The van der Waals surface area contributed by atoms with Gasteiger partial charge in [0.05, 0.1) is 31.5 Å². The van der Waals surface area contributed by atoms with E-state index < -0.39 is 0 Å². The Morgan fingerprint density at radius 2 is 1.86 bits per heavy atom. The summed E-state index contributed by atoms with van der Waals surface area (Å²) in [4.78, 5) is 24.2. The summed E-state index contributed by atoms with van der Waals surface area (Å²) in [5, 5.41) is 13.4. The third kappa shape index (κ3) is 4.72. The van der Waals surface area contributed by atoms with E-state index in [2.05, 4.69) is 20.8 Å². The molecule has 1 unspecified atom stereocenters. The molecule has 2 N–H and O–H groups in total. The summed E-state index contributed by atoms with van der Waals surface area (Å²) >= 11 is 0. The van der Waals surface area contributed by atoms with Gasteiger partial charge < -0.3 is 10.6 Å². The van der Waals surface area contributed by atoms with Gasteiger partial charge in [0, 0.05) is 6.92 Å². The van der Waals surface area contributed by atoms with Crippen LogP contribution in [0.5, 0.6) is 0 Å². The maximum absolute atomic E-state index is 11.9. The Hall–Kier alpha value is -2.70. The van der Waals surface area contributed by atoms with Crippen molar-refractivity contribution in [2.75, 3.05) is 6.54 Å². The van der Waals surface area contributed by atoms with Gasteiger partial charge in [-0.25, -0.2) is 0 Å². The molecule has 7 nitrogen and oxygen atoms in total. The van der Waals surface area contributed by atoms with Crippen molar-refractivity contribution in [3.05, 3.63) is 48.3 Å². The number of carbonyl (C=O) groups excluding carboxylic acids is 2. The van der Waals surface area contributed by atoms with Crippen molar-refractivity contribution < 1.29 is 9.59 Å². The molecule has 1 aromatic carbocycles. The zero-order valence-corrected chi connectivity index (χ0v) is 11.7. The first-order chi connectivity index (χ1) is 10.1. The number of aromatic nitrogens is 3. The zero-order chi connectivity index (χ0) is 15.1. The molecule has 21 heavy (non-hydrogen) atoms. The maximum Gasteiger partial charge on any atom is 0.239 e. The zero-order valence-electron chi connectivity index (χ0n) is 11.7. The van der Waals surface area contributed by atoms with Crippen molar-refractivity contribution in [3.63, 3.8) is 0 Å². The molecule has 1 heterocycles. The van der Waals surface area contributed by atoms with E-state index in [0.717, 1.165) is 5.56 Å². The molecule has 0 saturated heterocycles. The minimum absolute atomic E-state index is 0.0504. The molecule has 7 heteroatoms. The predicted molar refractivity (Wildman–Crippen MR) is 76.0 cm³/mol. The average molecular weight is 287 g/mol. The first-order valence-electron chi connectivity index (χ1n) is 6.58. The molecule has 0 aliphatic rings. The van der Waals surface area contributed by atoms with Crippen molar-refractivity contribution in [3.8, 4) is 0 Å². The molecule has 2 rings (SSSR count). The molecule has 0 spiro atoms. The standard InChI is InChI=1S/C14H17N5O2/c1-11(20)15-9-14(21)18-13(10-19-16-7-8-17-19)12-5-3-2-4-6-12/h2-8,13H,9-10H2,1H3,(H,15,20)(H,18,21). The number of rotatable bonds is 6. The van der Waals surface area contributed by atoms with Crippen molar-refractivity contribution in [1.82, 2.24) is 25.6 Å². The van der Waals surface area contributed by atoms with Crippen LogP contribution < -0.4 is 10.6 Å². The number of nitrogens with zero attached hydrogens (tertiary/aromatic N) is 3. The van der Waals surface area contributed by atoms with Crippen LogP contribution in [0.15, 0.2) is 42.7 Å². The van der Waals surface area contributed by atoms with Crippen LogP contribution in [0.3, 0.4) is 0 Å². The van der Waals surface area contributed by atoms with Gasteiger partial charge >= 0.3 is 0 Å². The van der Waals surface area contributed by atoms with Crippen molar-refractivity contribution in [2.24, 2.45) is 0 Å². The van der Waals surface area contributed by atoms with Crippen LogP contribution in [-0.2, 0) is 16.1 Å². The Morgan fingerprint density at radius 3 is 2.48 bits per heavy atom. The topological polar surface area (TPSA) is 88.9 Å². The second-order valence-electron chi connectivity index (χ2n) is 4.52. The average Bonchev–Trinajstić information content (AvgIpc) is 2.98. The number of benzene rings is 1. The van der Waals surface area contributed by atoms with Crippen LogP contribution in [0.25, 0.3) is 0 Å². The summed E-state index contributed by atoms with van der Waals surface area (Å²) < 4.78 is 0. The Bertz CT molecular complexity index is 583. The fourth-order valence-electron chi connectivity index (χ4n) is 1.87. The predicted octanol–water partition coefficient (Wildman–Crippen LogP) is 0.272. The van der Waals surface area contributed by atoms with Gasteiger partial charge in [-0.15, -0.1) is 0 Å². The minimum atomic E-state index is -0.264. The number of carbonyl (C=O) groups is 2. The number of hydrogen-bond acceptors (Lipinski definition) is 4. The van der Waals surface area contributed by atoms with Crippen LogP contribution in [0.1, 0.15) is 18.5 Å². The van der Waals surface area contributed by atoms with Crippen molar-refractivity contribution in [2.45, 2.75) is 19.5 Å². The molecule has 1 aromatic heterocycles. The van der Waals surface area contributed by atoms with Crippen LogP contribution in [0, 0.1) is 0 Å². The lowest BCUT2D eigenvalue weighted by Crippen LogP contribution is -2.39. The van der Waals surface area contributed by atoms with Gasteiger partial charge in [0.1, 0.15) is 0 Å². The van der Waals surface area contributed by atoms with Gasteiger partial charge in [0.15, 0.2) is 0 Å². The summed E-state index contributed by atoms with van der Waals surface area (Å²) in [5.74, 6) is -0.499. The number of nitrogens with one attached hydrogen (secondary N) is 2. The van der Waals surface area contributed by atoms with Crippen LogP contribution in [-0.4, -0.2) is 33.4 Å². The van der Waals surface area contributed by atoms with Crippen molar-refractivity contribution >= 4 is 11.8 Å². The quantitative estimate of drug-likeness (QED) is 0.798. The smallest absolute Gasteiger partial charge is 0.239 e. The van der Waals surface area contributed by atoms with Gasteiger partial charge in [-0.05, 0) is 5.56 Å². The highest BCUT2D eigenvalue weighted by atomic mass is 16.2. The van der Waals surface area contributed by atoms with Crippen LogP contribution >= 0.6 is 0 Å². The molecule has 2 aromatic rings. The van der Waals surface area contributed by atoms with Crippen molar-refractivity contribution in [1.29, 1.82) is 0 Å². The van der Waals surface area contributed by atoms with Crippen LogP contribution in [0.4, 0.5) is 0 Å². The second kappa shape index (κ2) is 7.18. The summed E-state index contributed by atoms with van der Waals surface area (Å²) in [6, 6.07) is 9.29. The first-order valence-corrected chi connectivity index (χ1v) is 6.58. The molecule has 0 fully saturated rings. The van der Waals surface area contributed by atoms with E-state index in [1.807, 2.05) is 30.3 Å². The normalized spacial score (nSPS) is 11.7. The fourth-order valence-corrected chi connectivity index (χ4v) is 1.87. The van der Waals surface area contributed by atoms with E-state index in [1.54, 1.807) is 12.4 Å². The number of amides is 2. The Morgan fingerprint density at radius 1 is 1.19 bits per heavy atom. The van der Waals surface area contributed by atoms with Gasteiger partial charge in [0.25, 0.3) is 0 Å². The molecule has 0 aliphatic carbocycles. The second-order valence-corrected chi connectivity index (χ2v) is 4.52. The van der Waals surface area contributed by atoms with Gasteiger partial charge in [-0.2, -0.15) is 15.0 Å². The maximum atomic E-state index is 11.9. The molecule has 0 bridgehead atoms. The molecule has 0 radical (unpaired) electrons. The monoisotopic (exact) mass is 287 g/mol. The van der Waals surface area contributed by atoms with Gasteiger partial charge in [-0.3, -0.25) is 9.59 Å². The van der Waals surface area contributed by atoms with E-state index >= 15 is 0 Å². The fraction of sp³-hybridized carbons (Fsp3) is 0.286. The van der Waals surface area contributed by atoms with E-state index in [1.165, 1.54) is 11.7 Å². The molecule has 0 saturated carbocycles. The summed E-state index contributed by atoms with van der Waals surface area (Å²) in [6.45, 7) is 1.74. The van der Waals surface area contributed by atoms with E-state index in [0.29, 0.717) is 6.54 Å². The highest BCUT2D eigenvalue weighted by Crippen LogP contribution is 2.13. The lowest BCUT2D eigenvalue weighted by Gasteiger charge is -2.18. The minimum Gasteiger partial charge on any atom is -0.347 e. The lowest BCUT2D eigenvalue weighted by molar-refractivity contribution is -0.125. The Kier molecular flexibility index (Phi) is 5.03. The van der Waals surface area contributed by atoms with E-state index in [4.69, 9.17) is 0 Å². The molecule has 110 valence electrons. The first kappa shape index (κ1) is 14.7. The Balaban J connectivity index is 2.05. The molecular formula is C14H17N5O2. The summed E-state index contributed by atoms with van der Waals surface area (Å²) in [7, 11) is 0. The SMILES string of the molecule is CC(=O)NCC(=O)NC(Cn1nccn1)c1ccccc1. The summed E-state index contributed by atoms with van der Waals surface area (Å²) in [5.41, 5.74) is 0.950. The third-order valence-electron chi connectivity index (χ3n) is 2.85.